The van der Waals surface area contributed by atoms with E-state index in [4.69, 9.17) is 4.74 Å². The molecule has 2 atom stereocenters. The molecule has 1 fully saturated rings. The van der Waals surface area contributed by atoms with Gasteiger partial charge in [-0.2, -0.15) is 4.37 Å². The lowest BCUT2D eigenvalue weighted by Crippen LogP contribution is -2.30. The van der Waals surface area contributed by atoms with Crippen molar-refractivity contribution < 1.29 is 4.74 Å². The van der Waals surface area contributed by atoms with E-state index in [1.54, 1.807) is 0 Å². The van der Waals surface area contributed by atoms with Crippen molar-refractivity contribution >= 4 is 16.7 Å². The largest absolute Gasteiger partial charge is 0.372 e. The summed E-state index contributed by atoms with van der Waals surface area (Å²) < 4.78 is 12.3. The molecule has 1 saturated heterocycles. The number of anilines is 1. The first-order valence-corrected chi connectivity index (χ1v) is 8.08. The fourth-order valence-corrected chi connectivity index (χ4v) is 3.30. The number of nitrogens with one attached hydrogen (secondary N) is 1. The number of hydrogen-bond donors (Lipinski definition) is 1. The van der Waals surface area contributed by atoms with Crippen LogP contribution in [-0.2, 0) is 11.8 Å². The van der Waals surface area contributed by atoms with E-state index in [0.717, 1.165) is 36.1 Å². The van der Waals surface area contributed by atoms with Crippen molar-refractivity contribution in [1.29, 1.82) is 0 Å². The molecule has 1 aliphatic rings. The van der Waals surface area contributed by atoms with Crippen LogP contribution in [0.25, 0.3) is 0 Å². The van der Waals surface area contributed by atoms with Gasteiger partial charge in [-0.1, -0.05) is 13.8 Å². The van der Waals surface area contributed by atoms with Gasteiger partial charge in [-0.3, -0.25) is 0 Å². The summed E-state index contributed by atoms with van der Waals surface area (Å²) in [6.07, 6.45) is 5.71. The Kier molecular flexibility index (Phi) is 4.21. The molecule has 3 rings (SSSR count). The molecule has 0 bridgehead atoms. The van der Waals surface area contributed by atoms with E-state index in [1.165, 1.54) is 11.5 Å². The van der Waals surface area contributed by atoms with Gasteiger partial charge in [0.25, 0.3) is 0 Å². The lowest BCUT2D eigenvalue weighted by Gasteiger charge is -2.30. The average molecular weight is 307 g/mol. The van der Waals surface area contributed by atoms with E-state index in [-0.39, 0.29) is 6.10 Å². The molecule has 0 radical (unpaired) electrons. The van der Waals surface area contributed by atoms with Gasteiger partial charge in [0.15, 0.2) is 0 Å². The first kappa shape index (κ1) is 14.5. The molecule has 0 unspecified atom stereocenters. The molecule has 7 heteroatoms. The number of nitrogens with zero attached hydrogens (tertiary/aromatic N) is 4. The molecular formula is C14H21N5OS. The van der Waals surface area contributed by atoms with Crippen molar-refractivity contribution in [3.05, 3.63) is 24.0 Å². The summed E-state index contributed by atoms with van der Waals surface area (Å²) >= 11 is 1.44. The van der Waals surface area contributed by atoms with Crippen molar-refractivity contribution in [2.75, 3.05) is 11.9 Å². The van der Waals surface area contributed by atoms with E-state index in [1.807, 2.05) is 24.1 Å². The fraction of sp³-hybridized carbons (Fsp3) is 0.643. The minimum Gasteiger partial charge on any atom is -0.372 e. The predicted octanol–water partition coefficient (Wildman–Crippen LogP) is 2.73. The van der Waals surface area contributed by atoms with Gasteiger partial charge in [0, 0.05) is 37.1 Å². The van der Waals surface area contributed by atoms with Crippen LogP contribution in [-0.4, -0.2) is 31.6 Å². The summed E-state index contributed by atoms with van der Waals surface area (Å²) in [4.78, 5) is 8.72. The third kappa shape index (κ3) is 3.24. The average Bonchev–Trinajstić information content (AvgIpc) is 3.08. The molecule has 21 heavy (non-hydrogen) atoms. The van der Waals surface area contributed by atoms with Crippen molar-refractivity contribution in [2.24, 2.45) is 7.05 Å². The molecule has 114 valence electrons. The molecule has 0 aliphatic carbocycles. The highest BCUT2D eigenvalue weighted by molar-refractivity contribution is 7.09. The van der Waals surface area contributed by atoms with Crippen LogP contribution in [0.1, 0.15) is 50.2 Å². The number of hydrogen-bond acceptors (Lipinski definition) is 6. The zero-order valence-electron chi connectivity index (χ0n) is 12.6. The molecule has 3 heterocycles. The Morgan fingerprint density at radius 2 is 2.33 bits per heavy atom. The highest BCUT2D eigenvalue weighted by atomic mass is 32.1. The maximum Gasteiger partial charge on any atom is 0.202 e. The molecule has 0 amide bonds. The van der Waals surface area contributed by atoms with Crippen LogP contribution >= 0.6 is 11.5 Å². The maximum atomic E-state index is 5.88. The number of aryl methyl sites for hydroxylation is 1. The van der Waals surface area contributed by atoms with Gasteiger partial charge in [0.05, 0.1) is 18.2 Å². The highest BCUT2D eigenvalue weighted by Crippen LogP contribution is 2.30. The van der Waals surface area contributed by atoms with Crippen molar-refractivity contribution in [1.82, 2.24) is 18.9 Å². The molecular weight excluding hydrogens is 286 g/mol. The number of rotatable bonds is 4. The van der Waals surface area contributed by atoms with Crippen LogP contribution in [0, 0.1) is 0 Å². The van der Waals surface area contributed by atoms with E-state index in [9.17, 15) is 0 Å². The van der Waals surface area contributed by atoms with Crippen molar-refractivity contribution in [3.63, 3.8) is 0 Å². The molecule has 0 spiro atoms. The van der Waals surface area contributed by atoms with Crippen molar-refractivity contribution in [2.45, 2.75) is 44.8 Å². The molecule has 1 aliphatic heterocycles. The van der Waals surface area contributed by atoms with Gasteiger partial charge < -0.3 is 14.6 Å². The van der Waals surface area contributed by atoms with Crippen LogP contribution in [0.4, 0.5) is 5.13 Å². The Morgan fingerprint density at radius 1 is 1.48 bits per heavy atom. The van der Waals surface area contributed by atoms with E-state index in [0.29, 0.717) is 12.0 Å². The van der Waals surface area contributed by atoms with Gasteiger partial charge in [-0.15, -0.1) is 0 Å². The number of ether oxygens (including phenoxy) is 1. The smallest absolute Gasteiger partial charge is 0.202 e. The Morgan fingerprint density at radius 3 is 3.00 bits per heavy atom. The molecule has 2 aromatic rings. The summed E-state index contributed by atoms with van der Waals surface area (Å²) in [5.41, 5.74) is 1.13. The van der Waals surface area contributed by atoms with Crippen LogP contribution in [0.3, 0.4) is 0 Å². The Hall–Kier alpha value is -1.47. The van der Waals surface area contributed by atoms with Crippen LogP contribution in [0.15, 0.2) is 12.5 Å². The number of aromatic nitrogens is 4. The molecule has 1 N–H and O–H groups in total. The lowest BCUT2D eigenvalue weighted by atomic mass is 10.0. The fourth-order valence-electron chi connectivity index (χ4n) is 2.51. The van der Waals surface area contributed by atoms with Crippen LogP contribution < -0.4 is 5.32 Å². The SMILES string of the molecule is CC(C)c1nsc(N[C@H]2CCO[C@H](c3cncn3C)C2)n1. The summed E-state index contributed by atoms with van der Waals surface area (Å²) in [7, 11) is 2.00. The monoisotopic (exact) mass is 307 g/mol. The molecule has 6 nitrogen and oxygen atoms in total. The van der Waals surface area contributed by atoms with E-state index >= 15 is 0 Å². The second kappa shape index (κ2) is 6.11. The Labute approximate surface area is 128 Å². The summed E-state index contributed by atoms with van der Waals surface area (Å²) in [5.74, 6) is 1.28. The number of imidazole rings is 1. The first-order chi connectivity index (χ1) is 10.1. The molecule has 0 aromatic carbocycles. The van der Waals surface area contributed by atoms with Gasteiger partial charge in [0.2, 0.25) is 5.13 Å². The van der Waals surface area contributed by atoms with Crippen LogP contribution in [0.2, 0.25) is 0 Å². The second-order valence-electron chi connectivity index (χ2n) is 5.77. The zero-order chi connectivity index (χ0) is 14.8. The van der Waals surface area contributed by atoms with Gasteiger partial charge in [-0.25, -0.2) is 9.97 Å². The zero-order valence-corrected chi connectivity index (χ0v) is 13.4. The second-order valence-corrected chi connectivity index (χ2v) is 6.52. The van der Waals surface area contributed by atoms with Crippen LogP contribution in [0.5, 0.6) is 0 Å². The Balaban J connectivity index is 1.64. The first-order valence-electron chi connectivity index (χ1n) is 7.31. The lowest BCUT2D eigenvalue weighted by molar-refractivity contribution is 0.00559. The third-order valence-corrected chi connectivity index (χ3v) is 4.41. The summed E-state index contributed by atoms with van der Waals surface area (Å²) in [6.45, 7) is 4.97. The molecule has 2 aromatic heterocycles. The third-order valence-electron chi connectivity index (χ3n) is 3.75. The normalized spacial score (nSPS) is 22.7. The standard InChI is InChI=1S/C14H21N5OS/c1-9(2)13-17-14(21-18-13)16-10-4-5-20-12(6-10)11-7-15-8-19(11)3/h7-10,12H,4-6H2,1-3H3,(H,16,17,18)/t10-,12-/m0/s1. The molecule has 0 saturated carbocycles. The topological polar surface area (TPSA) is 64.9 Å². The quantitative estimate of drug-likeness (QED) is 0.941. The Bertz CT molecular complexity index is 594. The summed E-state index contributed by atoms with van der Waals surface area (Å²) in [6, 6.07) is 0.367. The van der Waals surface area contributed by atoms with E-state index in [2.05, 4.69) is 33.5 Å². The minimum atomic E-state index is 0.0984. The van der Waals surface area contributed by atoms with Gasteiger partial charge in [0.1, 0.15) is 11.9 Å². The van der Waals surface area contributed by atoms with Gasteiger partial charge in [-0.05, 0) is 12.8 Å². The van der Waals surface area contributed by atoms with Crippen molar-refractivity contribution in [3.8, 4) is 0 Å². The van der Waals surface area contributed by atoms with Gasteiger partial charge >= 0.3 is 0 Å². The maximum absolute atomic E-state index is 5.88. The minimum absolute atomic E-state index is 0.0984. The van der Waals surface area contributed by atoms with E-state index < -0.39 is 0 Å². The predicted molar refractivity (Wildman–Crippen MR) is 82.5 cm³/mol. The highest BCUT2D eigenvalue weighted by Gasteiger charge is 2.26. The summed E-state index contributed by atoms with van der Waals surface area (Å²) in [5, 5.41) is 4.41.